The Balaban J connectivity index is -0.00000112. The van der Waals surface area contributed by atoms with Gasteiger partial charge in [-0.3, -0.25) is 4.79 Å². The molecule has 0 saturated heterocycles. The molecule has 112 valence electrons. The van der Waals surface area contributed by atoms with Crippen molar-refractivity contribution in [3.8, 4) is 0 Å². The minimum atomic E-state index is -0.207. The van der Waals surface area contributed by atoms with Gasteiger partial charge in [-0.2, -0.15) is 3.71 Å². The fourth-order valence-corrected chi connectivity index (χ4v) is 2.93. The summed E-state index contributed by atoms with van der Waals surface area (Å²) in [7, 11) is 0. The average Bonchev–Trinajstić information content (AvgIpc) is 2.31. The van der Waals surface area contributed by atoms with Crippen LogP contribution in [0.4, 0.5) is 0 Å². The maximum atomic E-state index is 11.9. The van der Waals surface area contributed by atoms with Crippen molar-refractivity contribution in [2.75, 3.05) is 25.7 Å². The number of nitrogens with zero attached hydrogens (tertiary/aromatic N) is 1. The number of nitrogens with two attached hydrogens (primary N) is 1. The van der Waals surface area contributed by atoms with Crippen LogP contribution in [0.15, 0.2) is 0 Å². The first-order valence-electron chi connectivity index (χ1n) is 5.36. The van der Waals surface area contributed by atoms with Gasteiger partial charge in [-0.25, -0.2) is 0 Å². The van der Waals surface area contributed by atoms with E-state index in [9.17, 15) is 4.79 Å². The molecule has 18 heavy (non-hydrogen) atoms. The van der Waals surface area contributed by atoms with Crippen LogP contribution < -0.4 is 5.73 Å². The second-order valence-electron chi connectivity index (χ2n) is 3.44. The van der Waals surface area contributed by atoms with E-state index in [-0.39, 0.29) is 42.7 Å². The van der Waals surface area contributed by atoms with Crippen LogP contribution in [0.3, 0.4) is 0 Å². The lowest BCUT2D eigenvalue weighted by atomic mass is 10.0. The van der Waals surface area contributed by atoms with Crippen LogP contribution in [-0.4, -0.2) is 41.4 Å². The normalized spacial score (nSPS) is 13.2. The van der Waals surface area contributed by atoms with Gasteiger partial charge in [0.1, 0.15) is 12.6 Å². The van der Waals surface area contributed by atoms with Crippen molar-refractivity contribution in [1.29, 1.82) is 0 Å². The Morgan fingerprint density at radius 2 is 1.83 bits per heavy atom. The Bertz CT molecular complexity index is 210. The van der Waals surface area contributed by atoms with E-state index in [1.807, 2.05) is 16.2 Å². The van der Waals surface area contributed by atoms with E-state index in [0.717, 1.165) is 6.42 Å². The maximum absolute atomic E-state index is 11.9. The molecule has 2 N–H and O–H groups in total. The van der Waals surface area contributed by atoms with Gasteiger partial charge >= 0.3 is 5.97 Å². The van der Waals surface area contributed by atoms with E-state index >= 15 is 0 Å². The van der Waals surface area contributed by atoms with Crippen molar-refractivity contribution >= 4 is 54.7 Å². The van der Waals surface area contributed by atoms with E-state index < -0.39 is 0 Å². The van der Waals surface area contributed by atoms with Crippen LogP contribution in [0.2, 0.25) is 0 Å². The molecule has 0 amide bonds. The van der Waals surface area contributed by atoms with Gasteiger partial charge in [0, 0.05) is 6.54 Å². The van der Waals surface area contributed by atoms with Crippen LogP contribution in [0.25, 0.3) is 0 Å². The van der Waals surface area contributed by atoms with Crippen LogP contribution in [-0.2, 0) is 9.53 Å². The van der Waals surface area contributed by atoms with Gasteiger partial charge in [0.2, 0.25) is 0 Å². The van der Waals surface area contributed by atoms with Gasteiger partial charge in [-0.1, -0.05) is 44.2 Å². The van der Waals surface area contributed by atoms with E-state index in [0.29, 0.717) is 13.2 Å². The summed E-state index contributed by atoms with van der Waals surface area (Å²) < 4.78 is 7.11. The molecular weight excluding hydrogens is 315 g/mol. The third-order valence-corrected chi connectivity index (χ3v) is 4.44. The second-order valence-corrected chi connectivity index (χ2v) is 5.19. The molecule has 0 radical (unpaired) electrons. The SMILES string of the molecule is CC[C@H](C)[C@@H](C(=O)OCCN)N(SC)SC.Cl.Cl. The van der Waals surface area contributed by atoms with E-state index in [2.05, 4.69) is 13.8 Å². The summed E-state index contributed by atoms with van der Waals surface area (Å²) >= 11 is 3.10. The fourth-order valence-electron chi connectivity index (χ4n) is 1.30. The van der Waals surface area contributed by atoms with E-state index in [1.54, 1.807) is 23.9 Å². The quantitative estimate of drug-likeness (QED) is 0.542. The minimum absolute atomic E-state index is 0. The van der Waals surface area contributed by atoms with Gasteiger partial charge in [0.25, 0.3) is 0 Å². The average molecular weight is 339 g/mol. The summed E-state index contributed by atoms with van der Waals surface area (Å²) in [6, 6.07) is -0.207. The summed E-state index contributed by atoms with van der Waals surface area (Å²) in [5, 5.41) is 0. The first-order valence-corrected chi connectivity index (χ1v) is 7.72. The molecule has 0 rings (SSSR count). The van der Waals surface area contributed by atoms with Crippen molar-refractivity contribution in [3.63, 3.8) is 0 Å². The van der Waals surface area contributed by atoms with Crippen molar-refractivity contribution < 1.29 is 9.53 Å². The first kappa shape index (κ1) is 23.7. The zero-order valence-corrected chi connectivity index (χ0v) is 14.5. The molecule has 0 aliphatic carbocycles. The number of hydrogen-bond acceptors (Lipinski definition) is 6. The highest BCUT2D eigenvalue weighted by Gasteiger charge is 2.31. The maximum Gasteiger partial charge on any atom is 0.325 e. The number of carbonyl (C=O) groups excluding carboxylic acids is 1. The number of hydrogen-bond donors (Lipinski definition) is 1. The molecule has 0 aliphatic heterocycles. The molecule has 0 aliphatic rings. The zero-order chi connectivity index (χ0) is 12.6. The molecule has 0 spiro atoms. The Morgan fingerprint density at radius 3 is 2.17 bits per heavy atom. The highest BCUT2D eigenvalue weighted by Crippen LogP contribution is 2.27. The monoisotopic (exact) mass is 338 g/mol. The minimum Gasteiger partial charge on any atom is -0.463 e. The number of halogens is 2. The van der Waals surface area contributed by atoms with Crippen molar-refractivity contribution in [1.82, 2.24) is 3.71 Å². The molecule has 8 heteroatoms. The molecule has 0 unspecified atom stereocenters. The Labute approximate surface area is 131 Å². The lowest BCUT2D eigenvalue weighted by molar-refractivity contribution is -0.148. The largest absolute Gasteiger partial charge is 0.463 e. The van der Waals surface area contributed by atoms with Crippen molar-refractivity contribution in [2.24, 2.45) is 11.7 Å². The predicted molar refractivity (Wildman–Crippen MR) is 86.6 cm³/mol. The smallest absolute Gasteiger partial charge is 0.325 e. The zero-order valence-electron chi connectivity index (χ0n) is 11.3. The third kappa shape index (κ3) is 7.96. The standard InChI is InChI=1S/C10H22N2O2S2.2ClH/c1-5-8(2)9(12(15-3)16-4)10(13)14-7-6-11;;/h8-9H,5-7,11H2,1-4H3;2*1H/t8-,9-;;/m0../s1. The predicted octanol–water partition coefficient (Wildman–Crippen LogP) is 2.60. The third-order valence-electron chi connectivity index (χ3n) is 2.37. The molecule has 0 aromatic rings. The Hall–Kier alpha value is 0.670. The second kappa shape index (κ2) is 14.1. The van der Waals surface area contributed by atoms with Crippen LogP contribution in [0, 0.1) is 5.92 Å². The van der Waals surface area contributed by atoms with Crippen LogP contribution in [0.1, 0.15) is 20.3 Å². The molecule has 0 aromatic heterocycles. The lowest BCUT2D eigenvalue weighted by Gasteiger charge is -2.29. The van der Waals surface area contributed by atoms with Crippen LogP contribution >= 0.6 is 48.7 Å². The molecule has 0 saturated carbocycles. The molecule has 2 atom stereocenters. The number of ether oxygens (including phenoxy) is 1. The highest BCUT2D eigenvalue weighted by atomic mass is 35.5. The van der Waals surface area contributed by atoms with E-state index in [1.165, 1.54) is 0 Å². The first-order chi connectivity index (χ1) is 7.62. The van der Waals surface area contributed by atoms with Crippen molar-refractivity contribution in [2.45, 2.75) is 26.3 Å². The Kier molecular flexibility index (Phi) is 18.6. The summed E-state index contributed by atoms with van der Waals surface area (Å²) in [4.78, 5) is 11.9. The summed E-state index contributed by atoms with van der Waals surface area (Å²) in [5.41, 5.74) is 5.33. The fraction of sp³-hybridized carbons (Fsp3) is 0.900. The molecule has 0 bridgehead atoms. The van der Waals surface area contributed by atoms with Gasteiger partial charge in [0.15, 0.2) is 0 Å². The molecule has 0 aromatic carbocycles. The Morgan fingerprint density at radius 1 is 1.33 bits per heavy atom. The summed E-state index contributed by atoms with van der Waals surface area (Å²) in [6.07, 6.45) is 4.87. The molecular formula is C10H24Cl2N2O2S2. The highest BCUT2D eigenvalue weighted by molar-refractivity contribution is 8.11. The summed E-state index contributed by atoms with van der Waals surface area (Å²) in [6.45, 7) is 4.81. The van der Waals surface area contributed by atoms with Gasteiger partial charge in [0.05, 0.1) is 0 Å². The lowest BCUT2D eigenvalue weighted by Crippen LogP contribution is -2.39. The molecule has 0 fully saturated rings. The summed E-state index contributed by atoms with van der Waals surface area (Å²) in [5.74, 6) is 0.0914. The number of esters is 1. The molecule has 0 heterocycles. The topological polar surface area (TPSA) is 55.6 Å². The van der Waals surface area contributed by atoms with E-state index in [4.69, 9.17) is 10.5 Å². The number of rotatable bonds is 8. The van der Waals surface area contributed by atoms with Crippen molar-refractivity contribution in [3.05, 3.63) is 0 Å². The number of carbonyl (C=O) groups is 1. The molecule has 4 nitrogen and oxygen atoms in total. The van der Waals surface area contributed by atoms with Gasteiger partial charge < -0.3 is 10.5 Å². The van der Waals surface area contributed by atoms with Gasteiger partial charge in [-0.15, -0.1) is 24.8 Å². The van der Waals surface area contributed by atoms with Gasteiger partial charge in [-0.05, 0) is 18.4 Å². The van der Waals surface area contributed by atoms with Crippen LogP contribution in [0.5, 0.6) is 0 Å².